The molecule has 102 valence electrons. The summed E-state index contributed by atoms with van der Waals surface area (Å²) in [6, 6.07) is 0.406. The van der Waals surface area contributed by atoms with Gasteiger partial charge in [-0.25, -0.2) is 0 Å². The van der Waals surface area contributed by atoms with Gasteiger partial charge in [0.1, 0.15) is 5.84 Å². The minimum absolute atomic E-state index is 0.342. The predicted octanol–water partition coefficient (Wildman–Crippen LogP) is 2.80. The fourth-order valence-electron chi connectivity index (χ4n) is 2.01. The quantitative estimate of drug-likeness (QED) is 0.268. The Bertz CT molecular complexity index is 199. The van der Waals surface area contributed by atoms with Gasteiger partial charge in [-0.2, -0.15) is 0 Å². The summed E-state index contributed by atoms with van der Waals surface area (Å²) in [5, 5.41) is 11.7. The van der Waals surface area contributed by atoms with Crippen molar-refractivity contribution in [3.8, 4) is 0 Å². The van der Waals surface area contributed by atoms with Crippen LogP contribution in [-0.4, -0.2) is 35.1 Å². The molecule has 0 heterocycles. The van der Waals surface area contributed by atoms with Gasteiger partial charge >= 0.3 is 0 Å². The summed E-state index contributed by atoms with van der Waals surface area (Å²) < 4.78 is 0. The summed E-state index contributed by atoms with van der Waals surface area (Å²) in [6.07, 6.45) is 6.57. The molecule has 1 atom stereocenters. The highest BCUT2D eigenvalue weighted by Crippen LogP contribution is 2.12. The highest BCUT2D eigenvalue weighted by molar-refractivity contribution is 5.80. The van der Waals surface area contributed by atoms with Gasteiger partial charge < -0.3 is 10.9 Å². The van der Waals surface area contributed by atoms with Gasteiger partial charge in [-0.3, -0.25) is 4.90 Å². The van der Waals surface area contributed by atoms with Gasteiger partial charge in [0, 0.05) is 12.5 Å². The van der Waals surface area contributed by atoms with Crippen molar-refractivity contribution < 1.29 is 5.21 Å². The van der Waals surface area contributed by atoms with E-state index >= 15 is 0 Å². The summed E-state index contributed by atoms with van der Waals surface area (Å²) in [7, 11) is 0. The fourth-order valence-corrected chi connectivity index (χ4v) is 2.01. The first-order valence-electron chi connectivity index (χ1n) is 6.89. The summed E-state index contributed by atoms with van der Waals surface area (Å²) >= 11 is 0. The van der Waals surface area contributed by atoms with Crippen molar-refractivity contribution in [3.05, 3.63) is 0 Å². The second-order valence-corrected chi connectivity index (χ2v) is 4.60. The van der Waals surface area contributed by atoms with Gasteiger partial charge in [-0.1, -0.05) is 38.8 Å². The minimum Gasteiger partial charge on any atom is -0.409 e. The maximum Gasteiger partial charge on any atom is 0.140 e. The Morgan fingerprint density at radius 2 is 1.71 bits per heavy atom. The van der Waals surface area contributed by atoms with Crippen molar-refractivity contribution in [1.82, 2.24) is 4.90 Å². The van der Waals surface area contributed by atoms with Crippen molar-refractivity contribution >= 4 is 5.84 Å². The van der Waals surface area contributed by atoms with Crippen LogP contribution in [0, 0.1) is 0 Å². The maximum atomic E-state index is 8.66. The van der Waals surface area contributed by atoms with Crippen LogP contribution < -0.4 is 5.73 Å². The van der Waals surface area contributed by atoms with Crippen LogP contribution in [0.2, 0.25) is 0 Å². The Balaban J connectivity index is 4.36. The standard InChI is InChI=1S/C13H29N3O/c1-4-7-9-16(10-8-5-2)12(6-3)11-13(14)15-17/h12,17H,4-11H2,1-3H3,(H2,14,15). The number of hydrogen-bond donors (Lipinski definition) is 2. The predicted molar refractivity (Wildman–Crippen MR) is 73.5 cm³/mol. The molecule has 0 aliphatic heterocycles. The number of nitrogens with zero attached hydrogens (tertiary/aromatic N) is 2. The van der Waals surface area contributed by atoms with E-state index in [-0.39, 0.29) is 0 Å². The van der Waals surface area contributed by atoms with Crippen LogP contribution in [0.4, 0.5) is 0 Å². The van der Waals surface area contributed by atoms with Crippen molar-refractivity contribution in [2.45, 2.75) is 65.3 Å². The molecule has 4 heteroatoms. The Labute approximate surface area is 106 Å². The number of unbranched alkanes of at least 4 members (excludes halogenated alkanes) is 2. The molecule has 1 unspecified atom stereocenters. The van der Waals surface area contributed by atoms with Gasteiger partial charge in [0.2, 0.25) is 0 Å². The van der Waals surface area contributed by atoms with Crippen LogP contribution in [0.25, 0.3) is 0 Å². The Morgan fingerprint density at radius 3 is 2.06 bits per heavy atom. The molecular weight excluding hydrogens is 214 g/mol. The molecule has 0 aromatic carbocycles. The number of oxime groups is 1. The lowest BCUT2D eigenvalue weighted by Crippen LogP contribution is -2.39. The van der Waals surface area contributed by atoms with E-state index < -0.39 is 0 Å². The summed E-state index contributed by atoms with van der Waals surface area (Å²) in [4.78, 5) is 2.49. The summed E-state index contributed by atoms with van der Waals surface area (Å²) in [5.74, 6) is 0.342. The van der Waals surface area contributed by atoms with Crippen LogP contribution >= 0.6 is 0 Å². The van der Waals surface area contributed by atoms with Crippen LogP contribution in [0.1, 0.15) is 59.3 Å². The van der Waals surface area contributed by atoms with Crippen LogP contribution in [0.5, 0.6) is 0 Å². The molecule has 0 rings (SSSR count). The average Bonchev–Trinajstić information content (AvgIpc) is 2.36. The Hall–Kier alpha value is -0.770. The summed E-state index contributed by atoms with van der Waals surface area (Å²) in [5.41, 5.74) is 5.62. The van der Waals surface area contributed by atoms with Gasteiger partial charge in [0.05, 0.1) is 0 Å². The Kier molecular flexibility index (Phi) is 9.92. The second kappa shape index (κ2) is 10.4. The van der Waals surface area contributed by atoms with Crippen LogP contribution in [0.3, 0.4) is 0 Å². The molecule has 0 aromatic heterocycles. The first-order chi connectivity index (χ1) is 8.19. The van der Waals surface area contributed by atoms with Gasteiger partial charge in [0.25, 0.3) is 0 Å². The minimum atomic E-state index is 0.342. The van der Waals surface area contributed by atoms with Gasteiger partial charge in [-0.15, -0.1) is 0 Å². The highest BCUT2D eigenvalue weighted by atomic mass is 16.4. The number of rotatable bonds is 10. The molecular formula is C13H29N3O. The zero-order valence-electron chi connectivity index (χ0n) is 11.7. The molecule has 3 N–H and O–H groups in total. The number of amidine groups is 1. The molecule has 0 bridgehead atoms. The third kappa shape index (κ3) is 7.21. The normalized spacial score (nSPS) is 14.2. The topological polar surface area (TPSA) is 61.8 Å². The first-order valence-corrected chi connectivity index (χ1v) is 6.89. The molecule has 0 amide bonds. The smallest absolute Gasteiger partial charge is 0.140 e. The van der Waals surface area contributed by atoms with E-state index in [0.717, 1.165) is 19.5 Å². The third-order valence-corrected chi connectivity index (χ3v) is 3.16. The molecule has 0 aliphatic rings. The van der Waals surface area contributed by atoms with Crippen molar-refractivity contribution in [2.75, 3.05) is 13.1 Å². The average molecular weight is 243 g/mol. The van der Waals surface area contributed by atoms with Crippen LogP contribution in [0.15, 0.2) is 5.16 Å². The number of hydrogen-bond acceptors (Lipinski definition) is 3. The fraction of sp³-hybridized carbons (Fsp3) is 0.923. The highest BCUT2D eigenvalue weighted by Gasteiger charge is 2.17. The molecule has 4 nitrogen and oxygen atoms in total. The number of nitrogens with two attached hydrogens (primary N) is 1. The molecule has 0 aromatic rings. The van der Waals surface area contributed by atoms with Crippen molar-refractivity contribution in [3.63, 3.8) is 0 Å². The lowest BCUT2D eigenvalue weighted by atomic mass is 10.1. The van der Waals surface area contributed by atoms with E-state index in [4.69, 9.17) is 10.9 Å². The SMILES string of the molecule is CCCCN(CCCC)C(CC)C/C(N)=N/O. The van der Waals surface area contributed by atoms with E-state index in [0.29, 0.717) is 18.3 Å². The molecule has 0 radical (unpaired) electrons. The summed E-state index contributed by atoms with van der Waals surface area (Å²) in [6.45, 7) is 8.83. The lowest BCUT2D eigenvalue weighted by molar-refractivity contribution is 0.187. The lowest BCUT2D eigenvalue weighted by Gasteiger charge is -2.30. The molecule has 0 aliphatic carbocycles. The molecule has 0 spiro atoms. The van der Waals surface area contributed by atoms with Gasteiger partial charge in [0.15, 0.2) is 0 Å². The van der Waals surface area contributed by atoms with E-state index in [1.165, 1.54) is 25.7 Å². The van der Waals surface area contributed by atoms with Crippen LogP contribution in [-0.2, 0) is 0 Å². The van der Waals surface area contributed by atoms with E-state index in [2.05, 4.69) is 30.8 Å². The third-order valence-electron chi connectivity index (χ3n) is 3.16. The maximum absolute atomic E-state index is 8.66. The van der Waals surface area contributed by atoms with Crippen molar-refractivity contribution in [2.24, 2.45) is 10.9 Å². The second-order valence-electron chi connectivity index (χ2n) is 4.60. The van der Waals surface area contributed by atoms with Gasteiger partial charge in [-0.05, 0) is 32.4 Å². The molecule has 0 saturated carbocycles. The zero-order chi connectivity index (χ0) is 13.1. The largest absolute Gasteiger partial charge is 0.409 e. The monoisotopic (exact) mass is 243 g/mol. The Morgan fingerprint density at radius 1 is 1.18 bits per heavy atom. The van der Waals surface area contributed by atoms with E-state index in [1.807, 2.05) is 0 Å². The zero-order valence-corrected chi connectivity index (χ0v) is 11.7. The van der Waals surface area contributed by atoms with Crippen molar-refractivity contribution in [1.29, 1.82) is 0 Å². The molecule has 17 heavy (non-hydrogen) atoms. The van der Waals surface area contributed by atoms with E-state index in [1.54, 1.807) is 0 Å². The van der Waals surface area contributed by atoms with E-state index in [9.17, 15) is 0 Å². The molecule has 0 fully saturated rings. The first kappa shape index (κ1) is 16.2. The molecule has 0 saturated heterocycles.